The van der Waals surface area contributed by atoms with Crippen molar-refractivity contribution in [3.63, 3.8) is 0 Å². The van der Waals surface area contributed by atoms with E-state index in [1.54, 1.807) is 6.20 Å². The van der Waals surface area contributed by atoms with Crippen LogP contribution in [0.4, 0.5) is 0 Å². The SMILES string of the molecule is CNCc1ccc(Oc2nc(C)cnc2C)cc1. The zero-order chi connectivity index (χ0) is 13.0. The molecule has 4 nitrogen and oxygen atoms in total. The number of nitrogens with zero attached hydrogens (tertiary/aromatic N) is 2. The molecular weight excluding hydrogens is 226 g/mol. The second-order valence-corrected chi connectivity index (χ2v) is 4.18. The summed E-state index contributed by atoms with van der Waals surface area (Å²) in [4.78, 5) is 8.55. The minimum atomic E-state index is 0.566. The Morgan fingerprint density at radius 2 is 1.89 bits per heavy atom. The molecule has 4 heteroatoms. The summed E-state index contributed by atoms with van der Waals surface area (Å²) >= 11 is 0. The van der Waals surface area contributed by atoms with Crippen LogP contribution in [0.25, 0.3) is 0 Å². The van der Waals surface area contributed by atoms with Crippen LogP contribution in [0.1, 0.15) is 17.0 Å². The van der Waals surface area contributed by atoms with Gasteiger partial charge >= 0.3 is 0 Å². The molecule has 2 rings (SSSR count). The van der Waals surface area contributed by atoms with E-state index in [4.69, 9.17) is 4.74 Å². The number of nitrogens with one attached hydrogen (secondary N) is 1. The van der Waals surface area contributed by atoms with Crippen molar-refractivity contribution in [3.8, 4) is 11.6 Å². The molecule has 1 aromatic carbocycles. The van der Waals surface area contributed by atoms with Gasteiger partial charge in [-0.05, 0) is 38.6 Å². The van der Waals surface area contributed by atoms with Crippen LogP contribution in [-0.2, 0) is 6.54 Å². The second-order valence-electron chi connectivity index (χ2n) is 4.18. The molecule has 0 saturated heterocycles. The first-order valence-corrected chi connectivity index (χ1v) is 5.90. The van der Waals surface area contributed by atoms with Crippen LogP contribution in [0.3, 0.4) is 0 Å². The lowest BCUT2D eigenvalue weighted by Crippen LogP contribution is -2.04. The van der Waals surface area contributed by atoms with Gasteiger partial charge in [0.25, 0.3) is 0 Å². The van der Waals surface area contributed by atoms with Crippen LogP contribution >= 0.6 is 0 Å². The third kappa shape index (κ3) is 3.05. The highest BCUT2D eigenvalue weighted by molar-refractivity contribution is 5.31. The molecule has 18 heavy (non-hydrogen) atoms. The zero-order valence-electron chi connectivity index (χ0n) is 10.9. The predicted molar refractivity (Wildman–Crippen MR) is 70.8 cm³/mol. The van der Waals surface area contributed by atoms with E-state index in [2.05, 4.69) is 15.3 Å². The van der Waals surface area contributed by atoms with E-state index in [0.717, 1.165) is 23.7 Å². The van der Waals surface area contributed by atoms with E-state index in [-0.39, 0.29) is 0 Å². The van der Waals surface area contributed by atoms with E-state index >= 15 is 0 Å². The summed E-state index contributed by atoms with van der Waals surface area (Å²) in [6.07, 6.45) is 1.73. The summed E-state index contributed by atoms with van der Waals surface area (Å²) in [6, 6.07) is 7.95. The molecule has 0 aliphatic heterocycles. The molecule has 1 heterocycles. The Morgan fingerprint density at radius 3 is 2.56 bits per heavy atom. The average molecular weight is 243 g/mol. The normalized spacial score (nSPS) is 10.4. The number of hydrogen-bond acceptors (Lipinski definition) is 4. The van der Waals surface area contributed by atoms with E-state index in [1.807, 2.05) is 45.2 Å². The molecule has 94 valence electrons. The van der Waals surface area contributed by atoms with E-state index in [0.29, 0.717) is 5.88 Å². The zero-order valence-corrected chi connectivity index (χ0v) is 10.9. The van der Waals surface area contributed by atoms with Crippen molar-refractivity contribution in [1.29, 1.82) is 0 Å². The first kappa shape index (κ1) is 12.5. The van der Waals surface area contributed by atoms with Gasteiger partial charge in [0.05, 0.1) is 11.4 Å². The Kier molecular flexibility index (Phi) is 3.89. The maximum Gasteiger partial charge on any atom is 0.241 e. The fourth-order valence-corrected chi connectivity index (χ4v) is 1.60. The van der Waals surface area contributed by atoms with Gasteiger partial charge in [-0.15, -0.1) is 0 Å². The second kappa shape index (κ2) is 5.60. The molecule has 0 spiro atoms. The van der Waals surface area contributed by atoms with Gasteiger partial charge in [0.1, 0.15) is 5.75 Å². The molecule has 1 N–H and O–H groups in total. The number of hydrogen-bond donors (Lipinski definition) is 1. The highest BCUT2D eigenvalue weighted by Crippen LogP contribution is 2.22. The molecule has 0 aliphatic carbocycles. The van der Waals surface area contributed by atoms with Crippen molar-refractivity contribution in [2.75, 3.05) is 7.05 Å². The molecule has 0 unspecified atom stereocenters. The van der Waals surface area contributed by atoms with Crippen molar-refractivity contribution in [3.05, 3.63) is 47.4 Å². The van der Waals surface area contributed by atoms with Gasteiger partial charge in [0, 0.05) is 12.7 Å². The van der Waals surface area contributed by atoms with Crippen LogP contribution in [0.2, 0.25) is 0 Å². The largest absolute Gasteiger partial charge is 0.437 e. The lowest BCUT2D eigenvalue weighted by molar-refractivity contribution is 0.453. The highest BCUT2D eigenvalue weighted by Gasteiger charge is 2.04. The molecule has 1 aromatic heterocycles. The average Bonchev–Trinajstić information content (AvgIpc) is 2.37. The minimum absolute atomic E-state index is 0.566. The Labute approximate surface area is 107 Å². The summed E-state index contributed by atoms with van der Waals surface area (Å²) in [5.74, 6) is 1.34. The van der Waals surface area contributed by atoms with Crippen LogP contribution < -0.4 is 10.1 Å². The topological polar surface area (TPSA) is 47.0 Å². The fourth-order valence-electron chi connectivity index (χ4n) is 1.60. The molecule has 0 fully saturated rings. The summed E-state index contributed by atoms with van der Waals surface area (Å²) < 4.78 is 5.73. The molecule has 0 radical (unpaired) electrons. The smallest absolute Gasteiger partial charge is 0.241 e. The molecule has 0 amide bonds. The van der Waals surface area contributed by atoms with Gasteiger partial charge < -0.3 is 10.1 Å². The number of aryl methyl sites for hydroxylation is 2. The Balaban J connectivity index is 2.15. The lowest BCUT2D eigenvalue weighted by Gasteiger charge is -2.08. The van der Waals surface area contributed by atoms with Gasteiger partial charge in [0.2, 0.25) is 5.88 Å². The van der Waals surface area contributed by atoms with Crippen LogP contribution in [0.5, 0.6) is 11.6 Å². The maximum absolute atomic E-state index is 5.73. The quantitative estimate of drug-likeness (QED) is 0.896. The summed E-state index contributed by atoms with van der Waals surface area (Å²) in [7, 11) is 1.93. The van der Waals surface area contributed by atoms with Gasteiger partial charge in [-0.2, -0.15) is 0 Å². The van der Waals surface area contributed by atoms with Crippen LogP contribution in [-0.4, -0.2) is 17.0 Å². The van der Waals surface area contributed by atoms with Crippen molar-refractivity contribution in [2.45, 2.75) is 20.4 Å². The number of aromatic nitrogens is 2. The monoisotopic (exact) mass is 243 g/mol. The minimum Gasteiger partial charge on any atom is -0.437 e. The predicted octanol–water partition coefficient (Wildman–Crippen LogP) is 2.61. The van der Waals surface area contributed by atoms with Crippen LogP contribution in [0.15, 0.2) is 30.5 Å². The summed E-state index contributed by atoms with van der Waals surface area (Å²) in [5.41, 5.74) is 2.86. The molecular formula is C14H17N3O. The molecule has 0 bridgehead atoms. The summed E-state index contributed by atoms with van der Waals surface area (Å²) in [6.45, 7) is 4.63. The third-order valence-corrected chi connectivity index (χ3v) is 2.55. The molecule has 0 aliphatic rings. The summed E-state index contributed by atoms with van der Waals surface area (Å²) in [5, 5.41) is 3.11. The number of ether oxygens (including phenoxy) is 1. The van der Waals surface area contributed by atoms with Crippen molar-refractivity contribution >= 4 is 0 Å². The van der Waals surface area contributed by atoms with Gasteiger partial charge in [-0.25, -0.2) is 4.98 Å². The van der Waals surface area contributed by atoms with Crippen molar-refractivity contribution < 1.29 is 4.74 Å². The van der Waals surface area contributed by atoms with Crippen molar-refractivity contribution in [1.82, 2.24) is 15.3 Å². The van der Waals surface area contributed by atoms with Gasteiger partial charge in [-0.3, -0.25) is 4.98 Å². The molecule has 2 aromatic rings. The van der Waals surface area contributed by atoms with E-state index in [1.165, 1.54) is 5.56 Å². The Morgan fingerprint density at radius 1 is 1.17 bits per heavy atom. The Bertz CT molecular complexity index is 523. The van der Waals surface area contributed by atoms with E-state index < -0.39 is 0 Å². The number of rotatable bonds is 4. The number of benzene rings is 1. The van der Waals surface area contributed by atoms with Gasteiger partial charge in [-0.1, -0.05) is 12.1 Å². The molecule has 0 saturated carbocycles. The lowest BCUT2D eigenvalue weighted by atomic mass is 10.2. The fraction of sp³-hybridized carbons (Fsp3) is 0.286. The Hall–Kier alpha value is -1.94. The first-order chi connectivity index (χ1) is 8.69. The maximum atomic E-state index is 5.73. The molecule has 0 atom stereocenters. The first-order valence-electron chi connectivity index (χ1n) is 5.90. The third-order valence-electron chi connectivity index (χ3n) is 2.55. The van der Waals surface area contributed by atoms with Crippen LogP contribution in [0, 0.1) is 13.8 Å². The standard InChI is InChI=1S/C14H17N3O/c1-10-8-16-11(2)14(17-10)18-13-6-4-12(5-7-13)9-15-3/h4-8,15H,9H2,1-3H3. The van der Waals surface area contributed by atoms with E-state index in [9.17, 15) is 0 Å². The highest BCUT2D eigenvalue weighted by atomic mass is 16.5. The van der Waals surface area contributed by atoms with Crippen molar-refractivity contribution in [2.24, 2.45) is 0 Å². The van der Waals surface area contributed by atoms with Gasteiger partial charge in [0.15, 0.2) is 0 Å².